The molecule has 0 amide bonds. The quantitative estimate of drug-likeness (QED) is 0.797. The Kier molecular flexibility index (Phi) is 4.15. The van der Waals surface area contributed by atoms with Gasteiger partial charge in [0.2, 0.25) is 0 Å². The van der Waals surface area contributed by atoms with Gasteiger partial charge < -0.3 is 14.6 Å². The highest BCUT2D eigenvalue weighted by molar-refractivity contribution is 5.90. The molecule has 0 spiro atoms. The highest BCUT2D eigenvalue weighted by atomic mass is 16.3. The predicted molar refractivity (Wildman–Crippen MR) is 102 cm³/mol. The van der Waals surface area contributed by atoms with Crippen LogP contribution in [0.5, 0.6) is 0 Å². The van der Waals surface area contributed by atoms with Gasteiger partial charge in [0.15, 0.2) is 0 Å². The van der Waals surface area contributed by atoms with E-state index >= 15 is 0 Å². The second-order valence-corrected chi connectivity index (χ2v) is 6.84. The number of pyridine rings is 1. The molecule has 4 heteroatoms. The average molecular weight is 333 g/mol. The van der Waals surface area contributed by atoms with E-state index in [2.05, 4.69) is 46.8 Å². The third kappa shape index (κ3) is 2.88. The lowest BCUT2D eigenvalue weighted by Crippen LogP contribution is -2.26. The Labute approximate surface area is 148 Å². The third-order valence-electron chi connectivity index (χ3n) is 5.08. The van der Waals surface area contributed by atoms with E-state index in [9.17, 15) is 5.11 Å². The molecule has 1 aromatic carbocycles. The summed E-state index contributed by atoms with van der Waals surface area (Å²) in [6, 6.07) is 10.4. The molecule has 0 fully saturated rings. The number of fused-ring (bicyclic) bond motifs is 3. The van der Waals surface area contributed by atoms with E-state index in [0.29, 0.717) is 0 Å². The zero-order valence-corrected chi connectivity index (χ0v) is 14.7. The van der Waals surface area contributed by atoms with Gasteiger partial charge in [-0.05, 0) is 60.5 Å². The number of hydrogen-bond acceptors (Lipinski definition) is 3. The van der Waals surface area contributed by atoms with Crippen LogP contribution in [0.15, 0.2) is 42.7 Å². The first kappa shape index (κ1) is 16.1. The smallest absolute Gasteiger partial charge is 0.0682 e. The summed E-state index contributed by atoms with van der Waals surface area (Å²) >= 11 is 0. The molecular formula is C21H23N3O. The van der Waals surface area contributed by atoms with E-state index in [1.165, 1.54) is 33.3 Å². The first-order valence-electron chi connectivity index (χ1n) is 8.70. The summed E-state index contributed by atoms with van der Waals surface area (Å²) < 4.78 is 2.34. The summed E-state index contributed by atoms with van der Waals surface area (Å²) in [5, 5.41) is 10.8. The third-order valence-corrected chi connectivity index (χ3v) is 5.08. The Bertz CT molecular complexity index is 941. The van der Waals surface area contributed by atoms with Crippen LogP contribution in [0.1, 0.15) is 29.3 Å². The van der Waals surface area contributed by atoms with Crippen LogP contribution < -0.4 is 0 Å². The van der Waals surface area contributed by atoms with Crippen molar-refractivity contribution in [2.75, 3.05) is 13.6 Å². The Morgan fingerprint density at radius 2 is 2.04 bits per heavy atom. The molecule has 3 aromatic rings. The van der Waals surface area contributed by atoms with Crippen LogP contribution in [0, 0.1) is 0 Å². The number of rotatable bonds is 3. The van der Waals surface area contributed by atoms with Gasteiger partial charge in [0, 0.05) is 49.2 Å². The summed E-state index contributed by atoms with van der Waals surface area (Å²) in [4.78, 5) is 6.47. The Morgan fingerprint density at radius 1 is 1.24 bits per heavy atom. The number of aromatic nitrogens is 2. The molecule has 0 bridgehead atoms. The van der Waals surface area contributed by atoms with Crippen molar-refractivity contribution >= 4 is 22.7 Å². The van der Waals surface area contributed by atoms with Gasteiger partial charge in [-0.25, -0.2) is 0 Å². The van der Waals surface area contributed by atoms with E-state index in [4.69, 9.17) is 0 Å². The number of aliphatic hydroxyl groups is 1. The molecule has 4 nitrogen and oxygen atoms in total. The van der Waals surface area contributed by atoms with Crippen LogP contribution in [0.4, 0.5) is 0 Å². The molecule has 0 aliphatic carbocycles. The molecular weight excluding hydrogens is 310 g/mol. The number of hydrogen-bond donors (Lipinski definition) is 1. The number of benzene rings is 1. The monoisotopic (exact) mass is 333 g/mol. The van der Waals surface area contributed by atoms with E-state index in [-0.39, 0.29) is 6.61 Å². The highest BCUT2D eigenvalue weighted by Crippen LogP contribution is 2.32. The maximum Gasteiger partial charge on any atom is 0.0682 e. The van der Waals surface area contributed by atoms with Crippen LogP contribution in [0.3, 0.4) is 0 Å². The van der Waals surface area contributed by atoms with Gasteiger partial charge in [-0.1, -0.05) is 6.07 Å². The minimum absolute atomic E-state index is 0.0810. The van der Waals surface area contributed by atoms with Crippen LogP contribution in [0.2, 0.25) is 0 Å². The lowest BCUT2D eigenvalue weighted by Gasteiger charge is -2.23. The molecule has 0 radical (unpaired) electrons. The van der Waals surface area contributed by atoms with E-state index in [1.54, 1.807) is 0 Å². The van der Waals surface area contributed by atoms with Crippen molar-refractivity contribution in [3.63, 3.8) is 0 Å². The van der Waals surface area contributed by atoms with Crippen molar-refractivity contribution in [2.45, 2.75) is 26.5 Å². The van der Waals surface area contributed by atoms with Crippen LogP contribution in [0.25, 0.3) is 22.7 Å². The molecule has 128 valence electrons. The molecule has 1 aliphatic heterocycles. The molecule has 1 aliphatic rings. The van der Waals surface area contributed by atoms with Crippen LogP contribution in [-0.2, 0) is 19.6 Å². The fourth-order valence-corrected chi connectivity index (χ4v) is 3.70. The number of likely N-dealkylation sites (N-methyl/N-ethyl adjacent to an activating group) is 1. The molecule has 0 saturated heterocycles. The Hall–Kier alpha value is -2.43. The summed E-state index contributed by atoms with van der Waals surface area (Å²) in [5.74, 6) is 0. The maximum absolute atomic E-state index is 9.52. The predicted octanol–water partition coefficient (Wildman–Crippen LogP) is 3.53. The number of allylic oxidation sites excluding steroid dienone is 1. The standard InChI is InChI=1S/C21H23N3O/c1-15(17-5-8-22-9-6-17)12-24-20-4-3-16(14-25)11-18(20)19-13-23(2)10-7-21(19)24/h3-6,8-9,11-12,25H,7,10,13-14H2,1-2H3. The zero-order valence-electron chi connectivity index (χ0n) is 14.7. The second kappa shape index (κ2) is 6.47. The SMILES string of the molecule is CC(=Cn1c2c(c3cc(CO)ccc31)CN(C)CC2)c1ccncc1. The molecule has 4 rings (SSSR count). The highest BCUT2D eigenvalue weighted by Gasteiger charge is 2.22. The summed E-state index contributed by atoms with van der Waals surface area (Å²) in [6.07, 6.45) is 6.94. The molecule has 25 heavy (non-hydrogen) atoms. The van der Waals surface area contributed by atoms with Gasteiger partial charge in [0.1, 0.15) is 0 Å². The van der Waals surface area contributed by atoms with Crippen molar-refractivity contribution in [3.05, 3.63) is 65.1 Å². The van der Waals surface area contributed by atoms with E-state index < -0.39 is 0 Å². The minimum atomic E-state index is 0.0810. The van der Waals surface area contributed by atoms with Gasteiger partial charge in [-0.3, -0.25) is 4.98 Å². The van der Waals surface area contributed by atoms with Gasteiger partial charge >= 0.3 is 0 Å². The average Bonchev–Trinajstić information content (AvgIpc) is 2.95. The van der Waals surface area contributed by atoms with Crippen molar-refractivity contribution < 1.29 is 5.11 Å². The first-order valence-corrected chi connectivity index (χ1v) is 8.70. The zero-order chi connectivity index (χ0) is 17.4. The largest absolute Gasteiger partial charge is 0.392 e. The Morgan fingerprint density at radius 3 is 2.80 bits per heavy atom. The summed E-state index contributed by atoms with van der Waals surface area (Å²) in [5.41, 5.74) is 7.36. The second-order valence-electron chi connectivity index (χ2n) is 6.84. The normalized spacial score (nSPS) is 15.6. The molecule has 1 N–H and O–H groups in total. The van der Waals surface area contributed by atoms with Crippen molar-refractivity contribution in [3.8, 4) is 0 Å². The lowest BCUT2D eigenvalue weighted by atomic mass is 10.0. The van der Waals surface area contributed by atoms with E-state index in [0.717, 1.165) is 25.1 Å². The molecule has 3 heterocycles. The molecule has 0 unspecified atom stereocenters. The van der Waals surface area contributed by atoms with Crippen LogP contribution in [-0.4, -0.2) is 33.1 Å². The fourth-order valence-electron chi connectivity index (χ4n) is 3.70. The van der Waals surface area contributed by atoms with Crippen molar-refractivity contribution in [1.82, 2.24) is 14.5 Å². The molecule has 2 aromatic heterocycles. The number of aliphatic hydroxyl groups excluding tert-OH is 1. The van der Waals surface area contributed by atoms with Crippen molar-refractivity contribution in [2.24, 2.45) is 0 Å². The van der Waals surface area contributed by atoms with Gasteiger partial charge in [-0.15, -0.1) is 0 Å². The summed E-state index contributed by atoms with van der Waals surface area (Å²) in [6.45, 7) is 4.25. The summed E-state index contributed by atoms with van der Waals surface area (Å²) in [7, 11) is 2.17. The molecule has 0 atom stereocenters. The first-order chi connectivity index (χ1) is 12.2. The minimum Gasteiger partial charge on any atom is -0.392 e. The molecule has 0 saturated carbocycles. The lowest BCUT2D eigenvalue weighted by molar-refractivity contribution is 0.282. The maximum atomic E-state index is 9.52. The van der Waals surface area contributed by atoms with Gasteiger partial charge in [0.25, 0.3) is 0 Å². The Balaban J connectivity index is 1.91. The van der Waals surface area contributed by atoms with Gasteiger partial charge in [0.05, 0.1) is 12.1 Å². The number of nitrogens with zero attached hydrogens (tertiary/aromatic N) is 3. The van der Waals surface area contributed by atoms with Crippen LogP contribution >= 0.6 is 0 Å². The fraction of sp³-hybridized carbons (Fsp3) is 0.286. The van der Waals surface area contributed by atoms with E-state index in [1.807, 2.05) is 30.6 Å². The van der Waals surface area contributed by atoms with Crippen molar-refractivity contribution in [1.29, 1.82) is 0 Å². The van der Waals surface area contributed by atoms with Gasteiger partial charge in [-0.2, -0.15) is 0 Å². The topological polar surface area (TPSA) is 41.3 Å².